The van der Waals surface area contributed by atoms with E-state index in [9.17, 15) is 24.0 Å². The molecule has 0 spiro atoms. The van der Waals surface area contributed by atoms with Gasteiger partial charge in [0.05, 0.1) is 6.04 Å². The maximum absolute atomic E-state index is 12.9. The van der Waals surface area contributed by atoms with Gasteiger partial charge in [-0.25, -0.2) is 0 Å². The van der Waals surface area contributed by atoms with Crippen molar-refractivity contribution in [2.45, 2.75) is 50.2 Å². The Balaban J connectivity index is 5.26. The number of aliphatic carboxylic acids is 1. The third kappa shape index (κ3) is 14.6. The lowest BCUT2D eigenvalue weighted by atomic mass is 10.1. The molecule has 4 amide bonds. The highest BCUT2D eigenvalue weighted by Gasteiger charge is 2.28. The minimum absolute atomic E-state index is 0.0169. The molecule has 0 heterocycles. The van der Waals surface area contributed by atoms with Crippen LogP contribution in [-0.4, -0.2) is 83.9 Å². The Labute approximate surface area is 196 Å². The van der Waals surface area contributed by atoms with Crippen molar-refractivity contribution >= 4 is 47.3 Å². The van der Waals surface area contributed by atoms with Gasteiger partial charge in [0, 0.05) is 13.0 Å². The number of carbonyl (C=O) groups excluding carboxylic acids is 4. The molecule has 0 rings (SSSR count). The van der Waals surface area contributed by atoms with Gasteiger partial charge in [-0.05, 0) is 37.7 Å². The molecule has 0 saturated carbocycles. The smallest absolute Gasteiger partial charge is 0.322 e. The number of carboxylic acid groups (broad SMARTS) is 1. The van der Waals surface area contributed by atoms with Crippen LogP contribution in [0.4, 0.5) is 0 Å². The van der Waals surface area contributed by atoms with Gasteiger partial charge in [-0.2, -0.15) is 11.8 Å². The Hall–Kier alpha value is -3.07. The molecule has 0 bridgehead atoms. The number of amides is 4. The summed E-state index contributed by atoms with van der Waals surface area (Å²) in [7, 11) is 0. The highest BCUT2D eigenvalue weighted by Crippen LogP contribution is 2.05. The minimum atomic E-state index is -1.25. The number of aliphatic imine (C=N–C) groups is 1. The van der Waals surface area contributed by atoms with Crippen molar-refractivity contribution in [2.24, 2.45) is 27.9 Å². The van der Waals surface area contributed by atoms with E-state index in [0.717, 1.165) is 0 Å². The Bertz CT molecular complexity index is 716. The van der Waals surface area contributed by atoms with E-state index in [1.165, 1.54) is 11.8 Å². The van der Waals surface area contributed by atoms with Crippen molar-refractivity contribution in [3.8, 4) is 0 Å². The highest BCUT2D eigenvalue weighted by atomic mass is 32.2. The van der Waals surface area contributed by atoms with Crippen LogP contribution in [0.25, 0.3) is 0 Å². The van der Waals surface area contributed by atoms with Gasteiger partial charge in [0.25, 0.3) is 0 Å². The second-order valence-electron chi connectivity index (χ2n) is 7.08. The first-order valence-electron chi connectivity index (χ1n) is 10.2. The van der Waals surface area contributed by atoms with Gasteiger partial charge in [0.15, 0.2) is 5.96 Å². The SMILES string of the molecule is CSCCC(NC(=O)C(N)CCC(N)=O)C(=O)NC(CCCN=C(N)N)C(=O)NCC(=O)O. The molecule has 0 saturated heterocycles. The van der Waals surface area contributed by atoms with Gasteiger partial charge in [0.2, 0.25) is 23.6 Å². The molecule has 3 atom stereocenters. The van der Waals surface area contributed by atoms with E-state index in [2.05, 4.69) is 20.9 Å². The molecule has 0 aromatic rings. The van der Waals surface area contributed by atoms with Crippen molar-refractivity contribution in [1.29, 1.82) is 0 Å². The number of hydrogen-bond donors (Lipinski definition) is 8. The van der Waals surface area contributed by atoms with Crippen molar-refractivity contribution in [3.63, 3.8) is 0 Å². The molecule has 3 unspecified atom stereocenters. The zero-order valence-electron chi connectivity index (χ0n) is 18.5. The quantitative estimate of drug-likeness (QED) is 0.0568. The van der Waals surface area contributed by atoms with Crippen molar-refractivity contribution < 1.29 is 29.1 Å². The topological polar surface area (TPSA) is 258 Å². The van der Waals surface area contributed by atoms with Gasteiger partial charge in [0.1, 0.15) is 18.6 Å². The molecular weight excluding hydrogens is 456 g/mol. The number of rotatable bonds is 17. The summed E-state index contributed by atoms with van der Waals surface area (Å²) in [6.07, 6.45) is 2.44. The van der Waals surface area contributed by atoms with Crippen LogP contribution in [0.2, 0.25) is 0 Å². The van der Waals surface area contributed by atoms with Crippen LogP contribution in [0, 0.1) is 0 Å². The average molecular weight is 491 g/mol. The van der Waals surface area contributed by atoms with Crippen molar-refractivity contribution in [1.82, 2.24) is 16.0 Å². The van der Waals surface area contributed by atoms with Crippen LogP contribution in [-0.2, 0) is 24.0 Å². The normalized spacial score (nSPS) is 13.2. The summed E-state index contributed by atoms with van der Waals surface area (Å²) in [5, 5.41) is 16.1. The van der Waals surface area contributed by atoms with E-state index in [4.69, 9.17) is 28.0 Å². The van der Waals surface area contributed by atoms with Gasteiger partial charge in [-0.3, -0.25) is 29.0 Å². The molecule has 0 aliphatic heterocycles. The molecule has 0 aliphatic carbocycles. The Morgan fingerprint density at radius 2 is 1.55 bits per heavy atom. The van der Waals surface area contributed by atoms with E-state index in [1.54, 1.807) is 0 Å². The number of nitrogens with two attached hydrogens (primary N) is 4. The molecule has 188 valence electrons. The van der Waals surface area contributed by atoms with Gasteiger partial charge in [-0.1, -0.05) is 0 Å². The molecule has 33 heavy (non-hydrogen) atoms. The highest BCUT2D eigenvalue weighted by molar-refractivity contribution is 7.98. The van der Waals surface area contributed by atoms with Crippen LogP contribution in [0.15, 0.2) is 4.99 Å². The fraction of sp³-hybridized carbons (Fsp3) is 0.667. The van der Waals surface area contributed by atoms with Crippen LogP contribution in [0.3, 0.4) is 0 Å². The summed E-state index contributed by atoms with van der Waals surface area (Å²) in [6, 6.07) is -3.13. The van der Waals surface area contributed by atoms with Gasteiger partial charge < -0.3 is 44.0 Å². The van der Waals surface area contributed by atoms with Gasteiger partial charge >= 0.3 is 5.97 Å². The summed E-state index contributed by atoms with van der Waals surface area (Å²) in [6.45, 7) is -0.428. The summed E-state index contributed by atoms with van der Waals surface area (Å²) < 4.78 is 0. The third-order valence-electron chi connectivity index (χ3n) is 4.27. The predicted molar refractivity (Wildman–Crippen MR) is 124 cm³/mol. The summed E-state index contributed by atoms with van der Waals surface area (Å²) in [5.41, 5.74) is 21.3. The summed E-state index contributed by atoms with van der Waals surface area (Å²) in [5.74, 6) is -3.44. The maximum Gasteiger partial charge on any atom is 0.322 e. The zero-order valence-corrected chi connectivity index (χ0v) is 19.4. The number of primary amides is 1. The van der Waals surface area contributed by atoms with Crippen LogP contribution in [0.5, 0.6) is 0 Å². The number of hydrogen-bond acceptors (Lipinski definition) is 8. The molecule has 0 aliphatic rings. The fourth-order valence-corrected chi connectivity index (χ4v) is 3.01. The number of thioether (sulfide) groups is 1. The number of carboxylic acids is 1. The molecule has 0 aromatic carbocycles. The average Bonchev–Trinajstić information content (AvgIpc) is 2.74. The van der Waals surface area contributed by atoms with E-state index in [0.29, 0.717) is 12.2 Å². The lowest BCUT2D eigenvalue weighted by Crippen LogP contribution is -2.56. The van der Waals surface area contributed by atoms with E-state index >= 15 is 0 Å². The zero-order chi connectivity index (χ0) is 25.4. The second-order valence-corrected chi connectivity index (χ2v) is 8.06. The Morgan fingerprint density at radius 3 is 2.09 bits per heavy atom. The van der Waals surface area contributed by atoms with Crippen LogP contribution < -0.4 is 38.9 Å². The Morgan fingerprint density at radius 1 is 0.939 bits per heavy atom. The lowest BCUT2D eigenvalue weighted by molar-refractivity contribution is -0.138. The van der Waals surface area contributed by atoms with Gasteiger partial charge in [-0.15, -0.1) is 0 Å². The summed E-state index contributed by atoms with van der Waals surface area (Å²) >= 11 is 1.45. The monoisotopic (exact) mass is 490 g/mol. The largest absolute Gasteiger partial charge is 0.480 e. The summed E-state index contributed by atoms with van der Waals surface area (Å²) in [4.78, 5) is 63.0. The van der Waals surface area contributed by atoms with Crippen molar-refractivity contribution in [3.05, 3.63) is 0 Å². The predicted octanol–water partition coefficient (Wildman–Crippen LogP) is -3.44. The van der Waals surface area contributed by atoms with Crippen molar-refractivity contribution in [2.75, 3.05) is 25.1 Å². The molecule has 0 radical (unpaired) electrons. The first-order chi connectivity index (χ1) is 15.5. The fourth-order valence-electron chi connectivity index (χ4n) is 2.54. The lowest BCUT2D eigenvalue weighted by Gasteiger charge is -2.24. The first kappa shape index (κ1) is 29.9. The number of nitrogens with one attached hydrogen (secondary N) is 3. The third-order valence-corrected chi connectivity index (χ3v) is 4.92. The van der Waals surface area contributed by atoms with Crippen LogP contribution >= 0.6 is 11.8 Å². The van der Waals surface area contributed by atoms with E-state index < -0.39 is 54.3 Å². The number of carbonyl (C=O) groups is 5. The second kappa shape index (κ2) is 16.5. The molecular formula is C18H34N8O6S. The molecule has 0 aromatic heterocycles. The molecule has 14 nitrogen and oxygen atoms in total. The number of nitrogens with zero attached hydrogens (tertiary/aromatic N) is 1. The first-order valence-corrected chi connectivity index (χ1v) is 11.6. The maximum atomic E-state index is 12.9. The van der Waals surface area contributed by atoms with E-state index in [-0.39, 0.29) is 38.2 Å². The Kier molecular flexibility index (Phi) is 15.0. The molecule has 12 N–H and O–H groups in total. The minimum Gasteiger partial charge on any atom is -0.480 e. The van der Waals surface area contributed by atoms with Crippen LogP contribution in [0.1, 0.15) is 32.1 Å². The molecule has 0 fully saturated rings. The molecule has 15 heteroatoms. The van der Waals surface area contributed by atoms with E-state index in [1.807, 2.05) is 6.26 Å². The number of guanidine groups is 1. The standard InChI is InChI=1S/C18H34N8O6S/c1-33-8-6-12(25-15(30)10(19)4-5-13(20)27)17(32)26-11(3-2-7-23-18(21)22)16(31)24-9-14(28)29/h10-12H,2-9,19H2,1H3,(H2,20,27)(H,24,31)(H,25,30)(H,26,32)(H,28,29)(H4,21,22,23).